The maximum atomic E-state index is 13.1. The Morgan fingerprint density at radius 1 is 1.10 bits per heavy atom. The lowest BCUT2D eigenvalue weighted by Crippen LogP contribution is -2.52. The molecule has 0 saturated heterocycles. The smallest absolute Gasteiger partial charge is 0.411 e. The summed E-state index contributed by atoms with van der Waals surface area (Å²) < 4.78 is 12.1. The summed E-state index contributed by atoms with van der Waals surface area (Å²) in [6.45, 7) is 20.4. The molecule has 30 heavy (non-hydrogen) atoms. The maximum Gasteiger partial charge on any atom is 0.411 e. The van der Waals surface area contributed by atoms with Crippen LogP contribution in [-0.4, -0.2) is 69.2 Å². The molecule has 0 saturated carbocycles. The Bertz CT molecular complexity index is 606. The molecule has 2 amide bonds. The molecular formula is C22H44N2O5Si. The van der Waals surface area contributed by atoms with Gasteiger partial charge in [0.15, 0.2) is 8.32 Å². The summed E-state index contributed by atoms with van der Waals surface area (Å²) in [7, 11) is 0.874. The van der Waals surface area contributed by atoms with E-state index in [0.29, 0.717) is 6.61 Å². The zero-order chi connectivity index (χ0) is 23.9. The summed E-state index contributed by atoms with van der Waals surface area (Å²) in [4.78, 5) is 32.2. The van der Waals surface area contributed by atoms with Gasteiger partial charge in [0.25, 0.3) is 5.91 Å². The maximum absolute atomic E-state index is 13.1. The molecule has 0 aliphatic carbocycles. The highest BCUT2D eigenvalue weighted by Crippen LogP contribution is 2.37. The van der Waals surface area contributed by atoms with Crippen molar-refractivity contribution in [1.82, 2.24) is 9.96 Å². The molecule has 7 nitrogen and oxygen atoms in total. The van der Waals surface area contributed by atoms with Crippen molar-refractivity contribution in [2.75, 3.05) is 27.3 Å². The van der Waals surface area contributed by atoms with Crippen molar-refractivity contribution in [2.45, 2.75) is 91.6 Å². The molecule has 0 N–H and O–H groups in total. The van der Waals surface area contributed by atoms with Gasteiger partial charge in [-0.3, -0.25) is 14.5 Å². The number of carbonyl (C=O) groups excluding carboxylic acids is 2. The minimum Gasteiger partial charge on any atom is -0.444 e. The van der Waals surface area contributed by atoms with Gasteiger partial charge in [-0.1, -0.05) is 33.8 Å². The van der Waals surface area contributed by atoms with Gasteiger partial charge in [0, 0.05) is 7.05 Å². The summed E-state index contributed by atoms with van der Waals surface area (Å²) in [6.07, 6.45) is 2.17. The van der Waals surface area contributed by atoms with E-state index in [0.717, 1.165) is 17.1 Å². The largest absolute Gasteiger partial charge is 0.444 e. The van der Waals surface area contributed by atoms with Gasteiger partial charge in [-0.05, 0) is 57.8 Å². The topological polar surface area (TPSA) is 68.3 Å². The number of hydroxylamine groups is 2. The average molecular weight is 445 g/mol. The van der Waals surface area contributed by atoms with Gasteiger partial charge in [0.05, 0.1) is 19.8 Å². The molecule has 0 spiro atoms. The third kappa shape index (κ3) is 8.77. The molecule has 0 unspecified atom stereocenters. The first-order chi connectivity index (χ1) is 13.5. The van der Waals surface area contributed by atoms with E-state index in [9.17, 15) is 9.59 Å². The number of nitrogens with zero attached hydrogens (tertiary/aromatic N) is 2. The molecule has 1 atom stereocenters. The second kappa shape index (κ2) is 11.3. The fourth-order valence-corrected chi connectivity index (χ4v) is 3.51. The summed E-state index contributed by atoms with van der Waals surface area (Å²) in [5.74, 6) is -0.341. The van der Waals surface area contributed by atoms with E-state index in [-0.39, 0.29) is 17.5 Å². The summed E-state index contributed by atoms with van der Waals surface area (Å²) >= 11 is 0. The fraction of sp³-hybridized carbons (Fsp3) is 0.818. The standard InChI is InChI=1S/C22H44N2O5Si/c1-13-17(14-2)18(16-28-30(11,12)22(6,7)8)24(15-19(25)23(9)27-10)20(26)29-21(3,4)5/h13,18H,14-16H2,1-12H3/t18-/m1/s1. The highest BCUT2D eigenvalue weighted by molar-refractivity contribution is 6.74. The van der Waals surface area contributed by atoms with Crippen LogP contribution in [0.25, 0.3) is 0 Å². The van der Waals surface area contributed by atoms with E-state index in [1.807, 2.05) is 40.7 Å². The van der Waals surface area contributed by atoms with Gasteiger partial charge >= 0.3 is 6.09 Å². The van der Waals surface area contributed by atoms with Crippen LogP contribution in [0.4, 0.5) is 4.79 Å². The van der Waals surface area contributed by atoms with Crippen LogP contribution in [0.2, 0.25) is 18.1 Å². The Labute approximate surface area is 184 Å². The third-order valence-electron chi connectivity index (χ3n) is 5.55. The predicted octanol–water partition coefficient (Wildman–Crippen LogP) is 4.99. The van der Waals surface area contributed by atoms with Gasteiger partial charge in [-0.2, -0.15) is 0 Å². The first kappa shape index (κ1) is 28.6. The monoisotopic (exact) mass is 444 g/mol. The van der Waals surface area contributed by atoms with Gasteiger partial charge in [-0.25, -0.2) is 9.86 Å². The van der Waals surface area contributed by atoms with E-state index in [2.05, 4.69) is 33.9 Å². The van der Waals surface area contributed by atoms with Crippen LogP contribution in [0.3, 0.4) is 0 Å². The zero-order valence-corrected chi connectivity index (χ0v) is 22.2. The lowest BCUT2D eigenvalue weighted by Gasteiger charge is -2.40. The molecule has 0 rings (SSSR count). The van der Waals surface area contributed by atoms with Crippen LogP contribution in [0, 0.1) is 0 Å². The average Bonchev–Trinajstić information content (AvgIpc) is 2.60. The molecule has 0 aromatic carbocycles. The van der Waals surface area contributed by atoms with Crippen molar-refractivity contribution >= 4 is 20.3 Å². The van der Waals surface area contributed by atoms with E-state index in [1.54, 1.807) is 0 Å². The molecule has 0 heterocycles. The SMILES string of the molecule is CC=C(CC)[C@@H](CO[Si](C)(C)C(C)(C)C)N(CC(=O)N(C)OC)C(=O)OC(C)(C)C. The second-order valence-corrected chi connectivity index (χ2v) is 14.8. The fourth-order valence-electron chi connectivity index (χ4n) is 2.50. The molecule has 0 aromatic heterocycles. The molecule has 0 aromatic rings. The number of amides is 2. The quantitative estimate of drug-likeness (QED) is 0.285. The second-order valence-electron chi connectivity index (χ2n) is 9.99. The van der Waals surface area contributed by atoms with Crippen molar-refractivity contribution in [3.05, 3.63) is 11.6 Å². The number of likely N-dealkylation sites (N-methyl/N-ethyl adjacent to an activating group) is 1. The van der Waals surface area contributed by atoms with Gasteiger partial charge in [-0.15, -0.1) is 0 Å². The van der Waals surface area contributed by atoms with E-state index in [4.69, 9.17) is 14.0 Å². The van der Waals surface area contributed by atoms with Crippen molar-refractivity contribution in [1.29, 1.82) is 0 Å². The van der Waals surface area contributed by atoms with Gasteiger partial charge < -0.3 is 9.16 Å². The number of hydrogen-bond acceptors (Lipinski definition) is 5. The number of ether oxygens (including phenoxy) is 1. The number of allylic oxidation sites excluding steroid dienone is 1. The lowest BCUT2D eigenvalue weighted by atomic mass is 10.0. The number of rotatable bonds is 9. The number of hydrogen-bond donors (Lipinski definition) is 0. The summed E-state index contributed by atoms with van der Waals surface area (Å²) in [5, 5.41) is 1.15. The number of carbonyl (C=O) groups is 2. The summed E-state index contributed by atoms with van der Waals surface area (Å²) in [6, 6.07) is -0.404. The first-order valence-electron chi connectivity index (χ1n) is 10.6. The molecule has 0 bridgehead atoms. The molecule has 0 aliphatic rings. The Hall–Kier alpha value is -1.38. The highest BCUT2D eigenvalue weighted by Gasteiger charge is 2.40. The van der Waals surface area contributed by atoms with Crippen LogP contribution in [-0.2, 0) is 18.8 Å². The Balaban J connectivity index is 6.06. The molecular weight excluding hydrogens is 400 g/mol. The third-order valence-corrected chi connectivity index (χ3v) is 10.1. The minimum absolute atomic E-state index is 0.0304. The van der Waals surface area contributed by atoms with Crippen LogP contribution >= 0.6 is 0 Å². The highest BCUT2D eigenvalue weighted by atomic mass is 28.4. The van der Waals surface area contributed by atoms with Crippen molar-refractivity contribution in [3.8, 4) is 0 Å². The summed E-state index contributed by atoms with van der Waals surface area (Å²) in [5.41, 5.74) is 0.339. The predicted molar refractivity (Wildman–Crippen MR) is 124 cm³/mol. The Morgan fingerprint density at radius 2 is 1.63 bits per heavy atom. The van der Waals surface area contributed by atoms with E-state index >= 15 is 0 Å². The molecule has 0 fully saturated rings. The van der Waals surface area contributed by atoms with Crippen LogP contribution in [0.5, 0.6) is 0 Å². The first-order valence-corrected chi connectivity index (χ1v) is 13.5. The zero-order valence-electron chi connectivity index (χ0n) is 21.2. The van der Waals surface area contributed by atoms with Gasteiger partial charge in [0.1, 0.15) is 12.1 Å². The van der Waals surface area contributed by atoms with Crippen molar-refractivity contribution in [2.24, 2.45) is 0 Å². The van der Waals surface area contributed by atoms with Crippen LogP contribution in [0.15, 0.2) is 11.6 Å². The van der Waals surface area contributed by atoms with Crippen LogP contribution < -0.4 is 0 Å². The Kier molecular flexibility index (Phi) is 10.8. The molecule has 0 aliphatic heterocycles. The molecule has 0 radical (unpaired) electrons. The van der Waals surface area contributed by atoms with Crippen LogP contribution in [0.1, 0.15) is 61.8 Å². The van der Waals surface area contributed by atoms with Gasteiger partial charge in [0.2, 0.25) is 0 Å². The van der Waals surface area contributed by atoms with Crippen molar-refractivity contribution < 1.29 is 23.6 Å². The lowest BCUT2D eigenvalue weighted by molar-refractivity contribution is -0.170. The van der Waals surface area contributed by atoms with Crippen molar-refractivity contribution in [3.63, 3.8) is 0 Å². The Morgan fingerprint density at radius 3 is 2.00 bits per heavy atom. The normalized spacial score (nSPS) is 14.3. The minimum atomic E-state index is -2.06. The molecule has 176 valence electrons. The molecule has 8 heteroatoms. The van der Waals surface area contributed by atoms with E-state index in [1.165, 1.54) is 19.1 Å². The van der Waals surface area contributed by atoms with E-state index < -0.39 is 26.1 Å².